The molecule has 0 unspecified atom stereocenters. The Morgan fingerprint density at radius 2 is 2.26 bits per heavy atom. The molecule has 0 saturated carbocycles. The fraction of sp³-hybridized carbons (Fsp3) is 0.545. The summed E-state index contributed by atoms with van der Waals surface area (Å²) in [5.41, 5.74) is 5.41. The van der Waals surface area contributed by atoms with Crippen LogP contribution in [0.3, 0.4) is 0 Å². The first kappa shape index (κ1) is 12.4. The van der Waals surface area contributed by atoms with Gasteiger partial charge in [0.1, 0.15) is 16.4 Å². The van der Waals surface area contributed by atoms with Gasteiger partial charge in [-0.3, -0.25) is 5.10 Å². The maximum Gasteiger partial charge on any atom is 0.224 e. The Morgan fingerprint density at radius 1 is 1.47 bits per heavy atom. The van der Waals surface area contributed by atoms with Gasteiger partial charge in [-0.25, -0.2) is 0 Å². The first-order valence-electron chi connectivity index (χ1n) is 6.11. The number of piperidine rings is 1. The average molecular weight is 283 g/mol. The standard InChI is InChI=1S/C11H15ClN6O/c1-11(19)3-2-4-18(5-11)9-6-7(12)16-17-8(6)14-10(13)15-9/h19H,2-5H2,1H3,(H3,13,14,15,16,17)/t11-/m0/s1. The Balaban J connectivity index is 2.11. The lowest BCUT2D eigenvalue weighted by Crippen LogP contribution is -2.46. The lowest BCUT2D eigenvalue weighted by atomic mass is 9.95. The number of nitrogens with zero attached hydrogens (tertiary/aromatic N) is 4. The number of nitrogens with two attached hydrogens (primary N) is 1. The van der Waals surface area contributed by atoms with Crippen molar-refractivity contribution in [3.8, 4) is 0 Å². The van der Waals surface area contributed by atoms with Gasteiger partial charge in [-0.1, -0.05) is 11.6 Å². The molecule has 0 aromatic carbocycles. The molecule has 1 aliphatic rings. The highest BCUT2D eigenvalue weighted by atomic mass is 35.5. The number of nitrogen functional groups attached to an aromatic ring is 1. The number of anilines is 2. The number of aromatic amines is 1. The summed E-state index contributed by atoms with van der Waals surface area (Å²) in [6.45, 7) is 3.10. The molecule has 1 saturated heterocycles. The third kappa shape index (κ3) is 2.19. The van der Waals surface area contributed by atoms with Crippen LogP contribution in [0.1, 0.15) is 19.8 Å². The molecule has 1 atom stereocenters. The summed E-state index contributed by atoms with van der Waals surface area (Å²) in [6.07, 6.45) is 1.65. The van der Waals surface area contributed by atoms with Gasteiger partial charge in [0.15, 0.2) is 5.65 Å². The molecule has 0 spiro atoms. The highest BCUT2D eigenvalue weighted by Gasteiger charge is 2.31. The number of H-pyrrole nitrogens is 1. The Bertz CT molecular complexity index is 625. The number of β-amino-alcohol motifs (C(OH)–C–C–N with tert-alkyl or cyclic N) is 1. The molecule has 2 aromatic rings. The zero-order valence-corrected chi connectivity index (χ0v) is 11.3. The minimum atomic E-state index is -0.736. The van der Waals surface area contributed by atoms with Crippen LogP contribution < -0.4 is 10.6 Å². The molecule has 1 fully saturated rings. The summed E-state index contributed by atoms with van der Waals surface area (Å²) >= 11 is 6.09. The van der Waals surface area contributed by atoms with Crippen molar-refractivity contribution in [3.05, 3.63) is 5.15 Å². The summed E-state index contributed by atoms with van der Waals surface area (Å²) in [6, 6.07) is 0. The van der Waals surface area contributed by atoms with E-state index in [-0.39, 0.29) is 5.95 Å². The second kappa shape index (κ2) is 4.21. The highest BCUT2D eigenvalue weighted by molar-refractivity contribution is 6.35. The van der Waals surface area contributed by atoms with Crippen LogP contribution in [0.4, 0.5) is 11.8 Å². The molecule has 3 heterocycles. The van der Waals surface area contributed by atoms with Gasteiger partial charge in [-0.15, -0.1) is 0 Å². The summed E-state index contributed by atoms with van der Waals surface area (Å²) < 4.78 is 0. The molecule has 19 heavy (non-hydrogen) atoms. The van der Waals surface area contributed by atoms with Crippen LogP contribution in [-0.2, 0) is 0 Å². The van der Waals surface area contributed by atoms with E-state index >= 15 is 0 Å². The molecule has 2 aromatic heterocycles. The third-order valence-electron chi connectivity index (χ3n) is 3.34. The second-order valence-electron chi connectivity index (χ2n) is 5.16. The van der Waals surface area contributed by atoms with E-state index in [0.29, 0.717) is 28.5 Å². The molecule has 1 aliphatic heterocycles. The quantitative estimate of drug-likeness (QED) is 0.719. The van der Waals surface area contributed by atoms with E-state index in [1.807, 2.05) is 11.8 Å². The van der Waals surface area contributed by atoms with Gasteiger partial charge in [0.05, 0.1) is 5.60 Å². The van der Waals surface area contributed by atoms with Crippen LogP contribution in [-0.4, -0.2) is 44.0 Å². The summed E-state index contributed by atoms with van der Waals surface area (Å²) in [7, 11) is 0. The normalized spacial score (nSPS) is 24.1. The van der Waals surface area contributed by atoms with Crippen LogP contribution in [0.15, 0.2) is 0 Å². The highest BCUT2D eigenvalue weighted by Crippen LogP contribution is 2.32. The topological polar surface area (TPSA) is 104 Å². The van der Waals surface area contributed by atoms with E-state index in [4.69, 9.17) is 17.3 Å². The molecule has 102 valence electrons. The van der Waals surface area contributed by atoms with Crippen LogP contribution in [0.2, 0.25) is 5.15 Å². The number of hydrogen-bond acceptors (Lipinski definition) is 6. The molecule has 0 aliphatic carbocycles. The van der Waals surface area contributed by atoms with Crippen molar-refractivity contribution in [2.75, 3.05) is 23.7 Å². The molecular formula is C11H15ClN6O. The van der Waals surface area contributed by atoms with E-state index in [9.17, 15) is 5.11 Å². The maximum atomic E-state index is 10.2. The fourth-order valence-corrected chi connectivity index (χ4v) is 2.73. The van der Waals surface area contributed by atoms with E-state index < -0.39 is 5.60 Å². The minimum Gasteiger partial charge on any atom is -0.388 e. The average Bonchev–Trinajstić information content (AvgIpc) is 2.68. The minimum absolute atomic E-state index is 0.149. The number of aliphatic hydroxyl groups is 1. The molecule has 0 radical (unpaired) electrons. The Kier molecular flexibility index (Phi) is 2.75. The van der Waals surface area contributed by atoms with Crippen LogP contribution in [0.25, 0.3) is 11.0 Å². The number of rotatable bonds is 1. The molecule has 3 rings (SSSR count). The van der Waals surface area contributed by atoms with Crippen LogP contribution in [0, 0.1) is 0 Å². The second-order valence-corrected chi connectivity index (χ2v) is 5.54. The third-order valence-corrected chi connectivity index (χ3v) is 3.62. The molecule has 8 heteroatoms. The van der Waals surface area contributed by atoms with E-state index in [2.05, 4.69) is 20.2 Å². The maximum absolute atomic E-state index is 10.2. The first-order valence-corrected chi connectivity index (χ1v) is 6.48. The Morgan fingerprint density at radius 3 is 3.00 bits per heavy atom. The van der Waals surface area contributed by atoms with Gasteiger partial charge >= 0.3 is 0 Å². The van der Waals surface area contributed by atoms with Gasteiger partial charge in [-0.05, 0) is 19.8 Å². The lowest BCUT2D eigenvalue weighted by Gasteiger charge is -2.37. The van der Waals surface area contributed by atoms with Gasteiger partial charge in [0.25, 0.3) is 0 Å². The molecule has 4 N–H and O–H groups in total. The number of hydrogen-bond donors (Lipinski definition) is 3. The largest absolute Gasteiger partial charge is 0.388 e. The summed E-state index contributed by atoms with van der Waals surface area (Å²) in [5, 5.41) is 17.9. The van der Waals surface area contributed by atoms with Crippen molar-refractivity contribution in [1.29, 1.82) is 0 Å². The lowest BCUT2D eigenvalue weighted by molar-refractivity contribution is 0.0448. The number of aromatic nitrogens is 4. The molecule has 7 nitrogen and oxygen atoms in total. The van der Waals surface area contributed by atoms with E-state index in [1.165, 1.54) is 0 Å². The summed E-state index contributed by atoms with van der Waals surface area (Å²) in [5.74, 6) is 0.775. The predicted octanol–water partition coefficient (Wildman–Crippen LogP) is 0.940. The summed E-state index contributed by atoms with van der Waals surface area (Å²) in [4.78, 5) is 10.3. The van der Waals surface area contributed by atoms with Crippen molar-refractivity contribution < 1.29 is 5.11 Å². The smallest absolute Gasteiger partial charge is 0.224 e. The van der Waals surface area contributed by atoms with Crippen LogP contribution in [0.5, 0.6) is 0 Å². The number of nitrogens with one attached hydrogen (secondary N) is 1. The Hall–Kier alpha value is -1.60. The van der Waals surface area contributed by atoms with Crippen molar-refractivity contribution in [2.45, 2.75) is 25.4 Å². The SMILES string of the molecule is C[C@]1(O)CCCN(c2nc(N)nc3n[nH]c(Cl)c23)C1. The van der Waals surface area contributed by atoms with Crippen molar-refractivity contribution >= 4 is 34.4 Å². The van der Waals surface area contributed by atoms with Gasteiger partial charge in [0.2, 0.25) is 5.95 Å². The van der Waals surface area contributed by atoms with Crippen molar-refractivity contribution in [1.82, 2.24) is 20.2 Å². The molecule has 0 bridgehead atoms. The first-order chi connectivity index (χ1) is 8.96. The Labute approximate surface area is 114 Å². The van der Waals surface area contributed by atoms with Gasteiger partial charge in [-0.2, -0.15) is 15.1 Å². The zero-order chi connectivity index (χ0) is 13.6. The number of fused-ring (bicyclic) bond motifs is 1. The fourth-order valence-electron chi connectivity index (χ4n) is 2.52. The molecular weight excluding hydrogens is 268 g/mol. The van der Waals surface area contributed by atoms with Crippen LogP contribution >= 0.6 is 11.6 Å². The van der Waals surface area contributed by atoms with Gasteiger partial charge < -0.3 is 15.7 Å². The van der Waals surface area contributed by atoms with Crippen molar-refractivity contribution in [3.63, 3.8) is 0 Å². The van der Waals surface area contributed by atoms with Crippen molar-refractivity contribution in [2.24, 2.45) is 0 Å². The zero-order valence-electron chi connectivity index (χ0n) is 10.5. The number of halogens is 1. The van der Waals surface area contributed by atoms with E-state index in [1.54, 1.807) is 0 Å². The monoisotopic (exact) mass is 282 g/mol. The van der Waals surface area contributed by atoms with Gasteiger partial charge in [0, 0.05) is 13.1 Å². The predicted molar refractivity (Wildman–Crippen MR) is 73.2 cm³/mol. The molecule has 0 amide bonds. The van der Waals surface area contributed by atoms with E-state index in [0.717, 1.165) is 19.4 Å².